The zero-order valence-corrected chi connectivity index (χ0v) is 15.7. The number of ether oxygens (including phenoxy) is 1. The van der Waals surface area contributed by atoms with E-state index in [1.807, 2.05) is 37.3 Å². The van der Waals surface area contributed by atoms with Crippen molar-refractivity contribution in [2.24, 2.45) is 0 Å². The van der Waals surface area contributed by atoms with Crippen LogP contribution in [0.3, 0.4) is 0 Å². The fraction of sp³-hybridized carbons (Fsp3) is 0.176. The molecule has 0 fully saturated rings. The number of benzene rings is 2. The minimum absolute atomic E-state index is 0.154. The standard InChI is InChI=1S/C17H16ClN5O2S/c1-11-12(18)6-5-7-13(11)19-16(24)10-26-17-20-21-22-23(17)14-8-3-4-9-15(14)25-2/h3-9H,10H2,1-2H3,(H,19,24). The molecule has 0 spiro atoms. The highest BCUT2D eigenvalue weighted by atomic mass is 35.5. The first-order chi connectivity index (χ1) is 12.6. The molecule has 0 aliphatic heterocycles. The molecule has 2 aromatic carbocycles. The Kier molecular flexibility index (Phi) is 5.75. The third-order valence-corrected chi connectivity index (χ3v) is 4.96. The Hall–Kier alpha value is -2.58. The fourth-order valence-electron chi connectivity index (χ4n) is 2.28. The molecule has 7 nitrogen and oxygen atoms in total. The fourth-order valence-corrected chi connectivity index (χ4v) is 3.14. The Morgan fingerprint density at radius 1 is 1.27 bits per heavy atom. The van der Waals surface area contributed by atoms with E-state index in [1.54, 1.807) is 23.9 Å². The molecule has 0 saturated carbocycles. The Balaban J connectivity index is 1.70. The van der Waals surface area contributed by atoms with Crippen LogP contribution < -0.4 is 10.1 Å². The summed E-state index contributed by atoms with van der Waals surface area (Å²) < 4.78 is 6.88. The molecule has 3 rings (SSSR count). The summed E-state index contributed by atoms with van der Waals surface area (Å²) in [5.74, 6) is 0.622. The summed E-state index contributed by atoms with van der Waals surface area (Å²) in [6.45, 7) is 1.85. The number of thioether (sulfide) groups is 1. The largest absolute Gasteiger partial charge is 0.494 e. The zero-order valence-electron chi connectivity index (χ0n) is 14.1. The average molecular weight is 390 g/mol. The summed E-state index contributed by atoms with van der Waals surface area (Å²) in [5, 5.41) is 15.6. The van der Waals surface area contributed by atoms with E-state index in [4.69, 9.17) is 16.3 Å². The van der Waals surface area contributed by atoms with Gasteiger partial charge in [-0.1, -0.05) is 41.6 Å². The molecule has 0 unspecified atom stereocenters. The van der Waals surface area contributed by atoms with Crippen molar-refractivity contribution >= 4 is 35.0 Å². The van der Waals surface area contributed by atoms with E-state index in [2.05, 4.69) is 20.8 Å². The molecule has 9 heteroatoms. The van der Waals surface area contributed by atoms with Crippen molar-refractivity contribution in [3.05, 3.63) is 53.1 Å². The van der Waals surface area contributed by atoms with Crippen LogP contribution in [0, 0.1) is 6.92 Å². The third-order valence-electron chi connectivity index (χ3n) is 3.63. The topological polar surface area (TPSA) is 81.9 Å². The van der Waals surface area contributed by atoms with Crippen LogP contribution in [0.15, 0.2) is 47.6 Å². The van der Waals surface area contributed by atoms with Gasteiger partial charge in [0.05, 0.1) is 12.9 Å². The number of hydrogen-bond donors (Lipinski definition) is 1. The number of aromatic nitrogens is 4. The van der Waals surface area contributed by atoms with E-state index in [9.17, 15) is 4.79 Å². The lowest BCUT2D eigenvalue weighted by Crippen LogP contribution is -2.15. The third kappa shape index (κ3) is 3.97. The molecule has 0 atom stereocenters. The molecule has 134 valence electrons. The van der Waals surface area contributed by atoms with Crippen molar-refractivity contribution in [3.8, 4) is 11.4 Å². The quantitative estimate of drug-likeness (QED) is 0.651. The summed E-state index contributed by atoms with van der Waals surface area (Å²) in [7, 11) is 1.58. The van der Waals surface area contributed by atoms with E-state index in [-0.39, 0.29) is 11.7 Å². The van der Waals surface area contributed by atoms with E-state index in [0.29, 0.717) is 27.3 Å². The number of hydrogen-bond acceptors (Lipinski definition) is 6. The molecule has 3 aromatic rings. The van der Waals surface area contributed by atoms with Crippen LogP contribution in [0.1, 0.15) is 5.56 Å². The van der Waals surface area contributed by atoms with Crippen LogP contribution in [0.25, 0.3) is 5.69 Å². The van der Waals surface area contributed by atoms with Gasteiger partial charge in [-0.25, -0.2) is 0 Å². The first kappa shape index (κ1) is 18.2. The van der Waals surface area contributed by atoms with Gasteiger partial charge in [0.25, 0.3) is 0 Å². The van der Waals surface area contributed by atoms with Crippen molar-refractivity contribution in [2.75, 3.05) is 18.2 Å². The molecular formula is C17H16ClN5O2S. The maximum atomic E-state index is 12.3. The number of nitrogens with one attached hydrogen (secondary N) is 1. The van der Waals surface area contributed by atoms with Crippen LogP contribution in [-0.2, 0) is 4.79 Å². The number of rotatable bonds is 6. The van der Waals surface area contributed by atoms with Crippen LogP contribution in [0.4, 0.5) is 5.69 Å². The summed E-state index contributed by atoms with van der Waals surface area (Å²) in [6.07, 6.45) is 0. The van der Waals surface area contributed by atoms with Gasteiger partial charge in [-0.15, -0.1) is 5.10 Å². The second-order valence-corrected chi connectivity index (χ2v) is 6.64. The van der Waals surface area contributed by atoms with Crippen molar-refractivity contribution in [3.63, 3.8) is 0 Å². The molecule has 1 aromatic heterocycles. The average Bonchev–Trinajstić information content (AvgIpc) is 3.12. The molecule has 0 bridgehead atoms. The highest BCUT2D eigenvalue weighted by Crippen LogP contribution is 2.26. The first-order valence-electron chi connectivity index (χ1n) is 7.69. The van der Waals surface area contributed by atoms with Crippen LogP contribution in [0.2, 0.25) is 5.02 Å². The maximum absolute atomic E-state index is 12.3. The number of para-hydroxylation sites is 2. The first-order valence-corrected chi connectivity index (χ1v) is 9.06. The normalized spacial score (nSPS) is 10.6. The van der Waals surface area contributed by atoms with Gasteiger partial charge in [0.2, 0.25) is 11.1 Å². The lowest BCUT2D eigenvalue weighted by Gasteiger charge is -2.10. The lowest BCUT2D eigenvalue weighted by atomic mass is 10.2. The molecule has 1 heterocycles. The summed E-state index contributed by atoms with van der Waals surface area (Å²) >= 11 is 7.31. The van der Waals surface area contributed by atoms with E-state index >= 15 is 0 Å². The minimum Gasteiger partial charge on any atom is -0.494 e. The number of carbonyl (C=O) groups excluding carboxylic acids is 1. The second kappa shape index (κ2) is 8.20. The number of carbonyl (C=O) groups is 1. The minimum atomic E-state index is -0.171. The van der Waals surface area contributed by atoms with Gasteiger partial charge in [0.1, 0.15) is 11.4 Å². The number of tetrazole rings is 1. The number of anilines is 1. The Labute approximate surface area is 159 Å². The van der Waals surface area contributed by atoms with Gasteiger partial charge in [0, 0.05) is 10.7 Å². The number of halogens is 1. The predicted octanol–water partition coefficient (Wildman–Crippen LogP) is 3.36. The molecular weight excluding hydrogens is 374 g/mol. The van der Waals surface area contributed by atoms with Crippen molar-refractivity contribution in [1.29, 1.82) is 0 Å². The molecule has 0 aliphatic carbocycles. The maximum Gasteiger partial charge on any atom is 0.234 e. The zero-order chi connectivity index (χ0) is 18.5. The lowest BCUT2D eigenvalue weighted by molar-refractivity contribution is -0.113. The van der Waals surface area contributed by atoms with Crippen molar-refractivity contribution < 1.29 is 9.53 Å². The highest BCUT2D eigenvalue weighted by Gasteiger charge is 2.15. The van der Waals surface area contributed by atoms with Crippen LogP contribution in [0.5, 0.6) is 5.75 Å². The summed E-state index contributed by atoms with van der Waals surface area (Å²) in [5.41, 5.74) is 2.22. The SMILES string of the molecule is COc1ccccc1-n1nnnc1SCC(=O)Nc1cccc(Cl)c1C. The molecule has 0 saturated heterocycles. The van der Waals surface area contributed by atoms with Crippen molar-refractivity contribution in [1.82, 2.24) is 20.2 Å². The molecule has 26 heavy (non-hydrogen) atoms. The Morgan fingerprint density at radius 2 is 2.08 bits per heavy atom. The second-order valence-electron chi connectivity index (χ2n) is 5.29. The Bertz CT molecular complexity index is 931. The highest BCUT2D eigenvalue weighted by molar-refractivity contribution is 7.99. The van der Waals surface area contributed by atoms with Crippen LogP contribution in [-0.4, -0.2) is 39.0 Å². The molecule has 0 radical (unpaired) electrons. The van der Waals surface area contributed by atoms with Gasteiger partial charge >= 0.3 is 0 Å². The van der Waals surface area contributed by atoms with E-state index in [1.165, 1.54) is 11.8 Å². The Morgan fingerprint density at radius 3 is 2.88 bits per heavy atom. The van der Waals surface area contributed by atoms with Gasteiger partial charge < -0.3 is 10.1 Å². The predicted molar refractivity (Wildman–Crippen MR) is 101 cm³/mol. The number of nitrogens with zero attached hydrogens (tertiary/aromatic N) is 4. The number of methoxy groups -OCH3 is 1. The molecule has 1 amide bonds. The van der Waals surface area contributed by atoms with Crippen LogP contribution >= 0.6 is 23.4 Å². The van der Waals surface area contributed by atoms with Gasteiger partial charge in [-0.05, 0) is 47.2 Å². The summed E-state index contributed by atoms with van der Waals surface area (Å²) in [4.78, 5) is 12.3. The van der Waals surface area contributed by atoms with Gasteiger partial charge in [-0.3, -0.25) is 4.79 Å². The van der Waals surface area contributed by atoms with E-state index in [0.717, 1.165) is 5.56 Å². The van der Waals surface area contributed by atoms with Gasteiger partial charge in [-0.2, -0.15) is 4.68 Å². The van der Waals surface area contributed by atoms with Crippen molar-refractivity contribution in [2.45, 2.75) is 12.1 Å². The summed E-state index contributed by atoms with van der Waals surface area (Å²) in [6, 6.07) is 12.8. The molecule has 0 aliphatic rings. The monoisotopic (exact) mass is 389 g/mol. The van der Waals surface area contributed by atoms with Gasteiger partial charge in [0.15, 0.2) is 0 Å². The number of amides is 1. The molecule has 1 N–H and O–H groups in total. The van der Waals surface area contributed by atoms with E-state index < -0.39 is 0 Å². The smallest absolute Gasteiger partial charge is 0.234 e.